The molecule has 6 heterocycles. The summed E-state index contributed by atoms with van der Waals surface area (Å²) in [6.07, 6.45) is 7.84. The third kappa shape index (κ3) is 12.2. The number of ether oxygens (including phenoxy) is 6. The number of halogens is 6. The van der Waals surface area contributed by atoms with E-state index in [0.717, 1.165) is 17.2 Å². The zero-order valence-electron chi connectivity index (χ0n) is 35.4. The van der Waals surface area contributed by atoms with Gasteiger partial charge in [-0.3, -0.25) is 9.97 Å². The standard InChI is InChI=1S/C20H19Cl2N7O3.C15H10Cl3N3O2.C5H10N4O.ClH/c1-30-15-6-16(31-2)19(22)17(18(15)21)12-5-10-7-25-20(26-13(10)8-24-12)27-14-9-32-4-3-11(14)28-29-23;1-22-10-4-11(23-2)14(17)12(13(10)16)8-3-7-5-20-15(18)21-9(7)6-19-8;6-4-3-10-2-1-5(4)8-9-7;/h5-8,11,14H,3-4,9H2,1-2H3,(H,25,26,27);3-6H,1-2H3;4-5H,1-3,6H2;1H/t11-,14+;;4-,5+;/m0.1./s1. The van der Waals surface area contributed by atoms with E-state index in [1.807, 2.05) is 0 Å². The number of fused-ring (bicyclic) bond motifs is 2. The Hall–Kier alpha value is -5.34. The fraction of sp³-hybridized carbons (Fsp3) is 0.350. The summed E-state index contributed by atoms with van der Waals surface area (Å²) in [4.78, 5) is 31.4. The van der Waals surface area contributed by atoms with E-state index in [2.05, 4.69) is 55.3 Å². The highest BCUT2D eigenvalue weighted by Gasteiger charge is 2.26. The van der Waals surface area contributed by atoms with E-state index in [4.69, 9.17) is 103 Å². The average molecular weight is 1030 g/mol. The van der Waals surface area contributed by atoms with Crippen molar-refractivity contribution in [3.63, 3.8) is 0 Å². The van der Waals surface area contributed by atoms with Crippen LogP contribution in [0.5, 0.6) is 23.0 Å². The molecule has 0 aliphatic carbocycles. The van der Waals surface area contributed by atoms with Crippen molar-refractivity contribution in [2.24, 2.45) is 16.0 Å². The zero-order valence-corrected chi connectivity index (χ0v) is 40.0. The number of anilines is 1. The fourth-order valence-electron chi connectivity index (χ4n) is 6.60. The minimum atomic E-state index is -0.235. The van der Waals surface area contributed by atoms with Crippen LogP contribution in [0.1, 0.15) is 12.8 Å². The van der Waals surface area contributed by atoms with Crippen molar-refractivity contribution >= 4 is 98.2 Å². The molecule has 348 valence electrons. The summed E-state index contributed by atoms with van der Waals surface area (Å²) >= 11 is 31.6. The van der Waals surface area contributed by atoms with Crippen molar-refractivity contribution in [3.8, 4) is 45.5 Å². The molecule has 2 aliphatic rings. The summed E-state index contributed by atoms with van der Waals surface area (Å²) in [6.45, 7) is 2.10. The predicted molar refractivity (Wildman–Crippen MR) is 256 cm³/mol. The number of hydrogen-bond acceptors (Lipinski definition) is 16. The highest BCUT2D eigenvalue weighted by Crippen LogP contribution is 2.47. The van der Waals surface area contributed by atoms with Gasteiger partial charge in [-0.05, 0) is 47.6 Å². The molecule has 0 spiro atoms. The molecule has 0 saturated carbocycles. The zero-order chi connectivity index (χ0) is 46.6. The summed E-state index contributed by atoms with van der Waals surface area (Å²) in [5.74, 6) is 2.11. The second-order valence-corrected chi connectivity index (χ2v) is 15.7. The number of nitrogens with zero attached hydrogens (tertiary/aromatic N) is 12. The van der Waals surface area contributed by atoms with E-state index < -0.39 is 0 Å². The van der Waals surface area contributed by atoms with E-state index in [0.29, 0.717) is 115 Å². The van der Waals surface area contributed by atoms with Crippen molar-refractivity contribution in [3.05, 3.63) is 95.3 Å². The largest absolute Gasteiger partial charge is 0.495 e. The summed E-state index contributed by atoms with van der Waals surface area (Å²) in [7, 11) is 6.06. The highest BCUT2D eigenvalue weighted by atomic mass is 35.5. The Morgan fingerprint density at radius 1 is 0.636 bits per heavy atom. The van der Waals surface area contributed by atoms with Crippen LogP contribution in [0.4, 0.5) is 5.95 Å². The molecule has 26 heteroatoms. The van der Waals surface area contributed by atoms with Crippen molar-refractivity contribution in [1.82, 2.24) is 29.9 Å². The number of aromatic nitrogens is 6. The Balaban J connectivity index is 0.000000209. The number of hydrogen-bond donors (Lipinski definition) is 2. The lowest BCUT2D eigenvalue weighted by Gasteiger charge is -2.28. The molecule has 66 heavy (non-hydrogen) atoms. The number of nitrogens with two attached hydrogens (primary N) is 1. The van der Waals surface area contributed by atoms with Gasteiger partial charge in [-0.2, -0.15) is 0 Å². The first kappa shape index (κ1) is 51.6. The molecule has 20 nitrogen and oxygen atoms in total. The number of azide groups is 2. The molecule has 0 radical (unpaired) electrons. The van der Waals surface area contributed by atoms with Gasteiger partial charge in [0.2, 0.25) is 11.2 Å². The first-order valence-electron chi connectivity index (χ1n) is 19.3. The lowest BCUT2D eigenvalue weighted by atomic mass is 10.1. The molecule has 0 unspecified atom stereocenters. The van der Waals surface area contributed by atoms with Gasteiger partial charge in [0, 0.05) is 75.5 Å². The van der Waals surface area contributed by atoms with Gasteiger partial charge in [-0.25, -0.2) is 19.9 Å². The first-order valence-corrected chi connectivity index (χ1v) is 21.2. The second-order valence-electron chi connectivity index (χ2n) is 13.8. The van der Waals surface area contributed by atoms with Crippen molar-refractivity contribution < 1.29 is 28.4 Å². The fourth-order valence-corrected chi connectivity index (χ4v) is 8.13. The van der Waals surface area contributed by atoms with Crippen LogP contribution in [-0.4, -0.2) is 109 Å². The molecule has 2 aliphatic heterocycles. The van der Waals surface area contributed by atoms with Crippen LogP contribution in [0.3, 0.4) is 0 Å². The Kier molecular flexibility index (Phi) is 19.1. The average Bonchev–Trinajstić information content (AvgIpc) is 3.31. The maximum atomic E-state index is 8.78. The van der Waals surface area contributed by atoms with Gasteiger partial charge in [0.15, 0.2) is 0 Å². The normalized spacial score (nSPS) is 17.5. The van der Waals surface area contributed by atoms with Crippen LogP contribution in [0.25, 0.3) is 65.2 Å². The number of methoxy groups -OCH3 is 4. The third-order valence-corrected chi connectivity index (χ3v) is 11.6. The van der Waals surface area contributed by atoms with Crippen molar-refractivity contribution in [2.45, 2.75) is 37.0 Å². The molecule has 3 N–H and O–H groups in total. The summed E-state index contributed by atoms with van der Waals surface area (Å²) in [5.41, 5.74) is 25.8. The Labute approximate surface area is 408 Å². The number of pyridine rings is 2. The van der Waals surface area contributed by atoms with Gasteiger partial charge >= 0.3 is 0 Å². The highest BCUT2D eigenvalue weighted by molar-refractivity contribution is 6.41. The smallest absolute Gasteiger partial charge is 0.223 e. The quantitative estimate of drug-likeness (QED) is 0.0559. The van der Waals surface area contributed by atoms with E-state index >= 15 is 0 Å². The Morgan fingerprint density at radius 3 is 1.58 bits per heavy atom. The molecule has 4 atom stereocenters. The molecule has 8 rings (SSSR count). The number of benzene rings is 2. The monoisotopic (exact) mass is 1020 g/mol. The van der Waals surface area contributed by atoms with Crippen LogP contribution >= 0.6 is 70.4 Å². The second kappa shape index (κ2) is 24.4. The predicted octanol–water partition coefficient (Wildman–Crippen LogP) is 10.4. The minimum Gasteiger partial charge on any atom is -0.495 e. The van der Waals surface area contributed by atoms with Gasteiger partial charge in [0.1, 0.15) is 23.0 Å². The molecule has 2 fully saturated rings. The molecular weight excluding hydrogens is 985 g/mol. The summed E-state index contributed by atoms with van der Waals surface area (Å²) in [6, 6.07) is 6.16. The topological polar surface area (TPSA) is 268 Å². The van der Waals surface area contributed by atoms with Gasteiger partial charge in [0.25, 0.3) is 0 Å². The van der Waals surface area contributed by atoms with Crippen LogP contribution in [0, 0.1) is 0 Å². The van der Waals surface area contributed by atoms with E-state index in [1.54, 1.807) is 49.1 Å². The van der Waals surface area contributed by atoms with Gasteiger partial charge in [-0.15, -0.1) is 12.4 Å². The Morgan fingerprint density at radius 2 is 1.09 bits per heavy atom. The molecule has 2 saturated heterocycles. The molecule has 6 aromatic rings. The lowest BCUT2D eigenvalue weighted by Crippen LogP contribution is -2.42. The number of rotatable bonds is 10. The number of nitrogens with one attached hydrogen (secondary N) is 1. The maximum absolute atomic E-state index is 8.78. The summed E-state index contributed by atoms with van der Waals surface area (Å²) in [5, 5.41) is 13.6. The van der Waals surface area contributed by atoms with Gasteiger partial charge in [-0.1, -0.05) is 56.6 Å². The molecular formula is C40H40Cl6N14O6. The first-order chi connectivity index (χ1) is 31.4. The van der Waals surface area contributed by atoms with Crippen molar-refractivity contribution in [2.75, 3.05) is 60.2 Å². The van der Waals surface area contributed by atoms with Crippen LogP contribution in [0.15, 0.2) is 59.3 Å². The minimum absolute atomic E-state index is 0. The van der Waals surface area contributed by atoms with Crippen molar-refractivity contribution in [1.29, 1.82) is 0 Å². The lowest BCUT2D eigenvalue weighted by molar-refractivity contribution is 0.0712. The van der Waals surface area contributed by atoms with Gasteiger partial charge in [0.05, 0.1) is 115 Å². The molecule has 2 aromatic carbocycles. The summed E-state index contributed by atoms with van der Waals surface area (Å²) < 4.78 is 31.7. The Bertz CT molecular complexity index is 2710. The molecule has 4 aromatic heterocycles. The van der Waals surface area contributed by atoms with E-state index in [9.17, 15) is 0 Å². The van der Waals surface area contributed by atoms with Crippen LogP contribution in [-0.2, 0) is 9.47 Å². The molecule has 0 bridgehead atoms. The maximum Gasteiger partial charge on any atom is 0.223 e. The van der Waals surface area contributed by atoms with Crippen LogP contribution < -0.4 is 30.0 Å². The third-order valence-electron chi connectivity index (χ3n) is 9.96. The van der Waals surface area contributed by atoms with Crippen LogP contribution in [0.2, 0.25) is 25.4 Å². The van der Waals surface area contributed by atoms with E-state index in [1.165, 1.54) is 28.4 Å². The SMILES string of the molecule is COc1cc(OC)c(Cl)c(-c2cc3cnc(Cl)nc3cn2)c1Cl.COc1cc(OC)c(Cl)c(-c2cc3cnc(N[C@@H]4COCC[C@@H]4N=[N+]=[N-])nc3cn2)c1Cl.Cl.[N-]=[N+]=N[C@H]1CCOC[C@H]1N. The van der Waals surface area contributed by atoms with E-state index in [-0.39, 0.29) is 41.9 Å². The molecule has 0 amide bonds. The van der Waals surface area contributed by atoms with Gasteiger partial charge < -0.3 is 39.5 Å².